The van der Waals surface area contributed by atoms with Gasteiger partial charge in [-0.05, 0) is 42.9 Å². The Balaban J connectivity index is 1.57. The number of para-hydroxylation sites is 2. The van der Waals surface area contributed by atoms with Crippen LogP contribution >= 0.6 is 11.6 Å². The molecule has 0 radical (unpaired) electrons. The topological polar surface area (TPSA) is 55.8 Å². The molecule has 26 heavy (non-hydrogen) atoms. The van der Waals surface area contributed by atoms with E-state index in [0.29, 0.717) is 29.6 Å². The van der Waals surface area contributed by atoms with E-state index < -0.39 is 9.84 Å². The number of hydrogen-bond donors (Lipinski definition) is 0. The molecule has 0 bridgehead atoms. The normalized spacial score (nSPS) is 16.7. The number of rotatable bonds is 7. The van der Waals surface area contributed by atoms with Gasteiger partial charge in [0.15, 0.2) is 21.3 Å². The molecule has 1 aliphatic rings. The zero-order valence-electron chi connectivity index (χ0n) is 14.6. The van der Waals surface area contributed by atoms with Gasteiger partial charge in [-0.15, -0.1) is 0 Å². The van der Waals surface area contributed by atoms with Crippen molar-refractivity contribution in [3.63, 3.8) is 0 Å². The monoisotopic (exact) mass is 395 g/mol. The third kappa shape index (κ3) is 4.69. The minimum atomic E-state index is -3.34. The van der Waals surface area contributed by atoms with Crippen LogP contribution in [0.1, 0.15) is 6.92 Å². The third-order valence-electron chi connectivity index (χ3n) is 4.33. The van der Waals surface area contributed by atoms with E-state index in [1.165, 1.54) is 0 Å². The zero-order chi connectivity index (χ0) is 18.6. The van der Waals surface area contributed by atoms with Gasteiger partial charge in [0.05, 0.1) is 10.6 Å². The lowest BCUT2D eigenvalue weighted by Gasteiger charge is -2.30. The average Bonchev–Trinajstić information content (AvgIpc) is 2.65. The van der Waals surface area contributed by atoms with Crippen LogP contribution < -0.4 is 9.47 Å². The maximum atomic E-state index is 12.5. The quantitative estimate of drug-likeness (QED) is 0.720. The van der Waals surface area contributed by atoms with Gasteiger partial charge >= 0.3 is 0 Å². The molecule has 0 aromatic heterocycles. The fraction of sp³-hybridized carbons (Fsp3) is 0.368. The van der Waals surface area contributed by atoms with E-state index in [4.69, 9.17) is 21.1 Å². The largest absolute Gasteiger partial charge is 0.486 e. The van der Waals surface area contributed by atoms with Crippen molar-refractivity contribution in [1.29, 1.82) is 0 Å². The highest BCUT2D eigenvalue weighted by Crippen LogP contribution is 2.31. The van der Waals surface area contributed by atoms with Crippen LogP contribution in [0, 0.1) is 0 Å². The Morgan fingerprint density at radius 2 is 1.81 bits per heavy atom. The zero-order valence-corrected chi connectivity index (χ0v) is 16.2. The number of ether oxygens (including phenoxy) is 2. The van der Waals surface area contributed by atoms with E-state index in [2.05, 4.69) is 4.90 Å². The van der Waals surface area contributed by atoms with Gasteiger partial charge in [0.1, 0.15) is 12.7 Å². The van der Waals surface area contributed by atoms with Crippen LogP contribution in [-0.4, -0.2) is 51.4 Å². The van der Waals surface area contributed by atoms with Crippen molar-refractivity contribution in [3.8, 4) is 11.5 Å². The first-order valence-electron chi connectivity index (χ1n) is 8.57. The van der Waals surface area contributed by atoms with Gasteiger partial charge in [-0.25, -0.2) is 8.42 Å². The first kappa shape index (κ1) is 19.0. The molecule has 7 heteroatoms. The summed E-state index contributed by atoms with van der Waals surface area (Å²) in [5, 5.41) is 0.522. The highest BCUT2D eigenvalue weighted by molar-refractivity contribution is 7.91. The van der Waals surface area contributed by atoms with Gasteiger partial charge in [-0.1, -0.05) is 30.7 Å². The second-order valence-corrected chi connectivity index (χ2v) is 8.71. The minimum absolute atomic E-state index is 0.0483. The Morgan fingerprint density at radius 1 is 1.12 bits per heavy atom. The lowest BCUT2D eigenvalue weighted by atomic mass is 10.2. The van der Waals surface area contributed by atoms with Crippen LogP contribution in [0.5, 0.6) is 11.5 Å². The molecule has 0 saturated heterocycles. The fourth-order valence-electron chi connectivity index (χ4n) is 2.83. The molecule has 2 aromatic rings. The molecule has 2 aromatic carbocycles. The maximum absolute atomic E-state index is 12.5. The third-order valence-corrected chi connectivity index (χ3v) is 6.29. The first-order chi connectivity index (χ1) is 12.5. The minimum Gasteiger partial charge on any atom is -0.486 e. The molecule has 0 aliphatic carbocycles. The predicted octanol–water partition coefficient (Wildman–Crippen LogP) is 3.28. The molecule has 5 nitrogen and oxygen atoms in total. The van der Waals surface area contributed by atoms with Gasteiger partial charge < -0.3 is 9.47 Å². The Bertz CT molecular complexity index is 839. The molecule has 1 atom stereocenters. The van der Waals surface area contributed by atoms with Crippen LogP contribution in [0.15, 0.2) is 53.4 Å². The Hall–Kier alpha value is -1.76. The van der Waals surface area contributed by atoms with Crippen LogP contribution in [0.25, 0.3) is 0 Å². The molecule has 0 amide bonds. The number of likely N-dealkylation sites (N-methyl/N-ethyl adjacent to an activating group) is 1. The Morgan fingerprint density at radius 3 is 2.50 bits per heavy atom. The molecule has 1 aliphatic heterocycles. The lowest BCUT2D eigenvalue weighted by molar-refractivity contribution is 0.0617. The van der Waals surface area contributed by atoms with Crippen molar-refractivity contribution in [3.05, 3.63) is 53.6 Å². The summed E-state index contributed by atoms with van der Waals surface area (Å²) in [5.74, 6) is 1.53. The maximum Gasteiger partial charge on any atom is 0.179 e. The number of fused-ring (bicyclic) bond motifs is 1. The SMILES string of the molecule is CCN(CCS(=O)(=O)c1ccc(Cl)cc1)C[C@H]1COc2ccccc2O1. The Labute approximate surface area is 159 Å². The van der Waals surface area contributed by atoms with Crippen LogP contribution in [0.4, 0.5) is 0 Å². The molecule has 140 valence electrons. The van der Waals surface area contributed by atoms with E-state index in [1.807, 2.05) is 31.2 Å². The number of hydrogen-bond acceptors (Lipinski definition) is 5. The first-order valence-corrected chi connectivity index (χ1v) is 10.6. The van der Waals surface area contributed by atoms with Crippen molar-refractivity contribution in [2.45, 2.75) is 17.9 Å². The van der Waals surface area contributed by atoms with Gasteiger partial charge in [0, 0.05) is 18.1 Å². The van der Waals surface area contributed by atoms with Gasteiger partial charge in [0.25, 0.3) is 0 Å². The highest BCUT2D eigenvalue weighted by Gasteiger charge is 2.24. The smallest absolute Gasteiger partial charge is 0.179 e. The van der Waals surface area contributed by atoms with Crippen molar-refractivity contribution in [2.24, 2.45) is 0 Å². The average molecular weight is 396 g/mol. The molecule has 0 N–H and O–H groups in total. The molecule has 0 spiro atoms. The van der Waals surface area contributed by atoms with Gasteiger partial charge in [-0.2, -0.15) is 0 Å². The van der Waals surface area contributed by atoms with E-state index in [1.54, 1.807) is 24.3 Å². The molecule has 0 fully saturated rings. The summed E-state index contributed by atoms with van der Waals surface area (Å²) in [6.07, 6.45) is -0.122. The van der Waals surface area contributed by atoms with Crippen LogP contribution in [0.2, 0.25) is 5.02 Å². The molecule has 0 saturated carbocycles. The van der Waals surface area contributed by atoms with Crippen molar-refractivity contribution in [1.82, 2.24) is 4.90 Å². The second kappa shape index (κ2) is 8.29. The number of nitrogens with zero attached hydrogens (tertiary/aromatic N) is 1. The molecule has 0 unspecified atom stereocenters. The lowest BCUT2D eigenvalue weighted by Crippen LogP contribution is -2.42. The van der Waals surface area contributed by atoms with Gasteiger partial charge in [-0.3, -0.25) is 4.90 Å². The predicted molar refractivity (Wildman–Crippen MR) is 102 cm³/mol. The summed E-state index contributed by atoms with van der Waals surface area (Å²) in [4.78, 5) is 2.36. The van der Waals surface area contributed by atoms with E-state index >= 15 is 0 Å². The second-order valence-electron chi connectivity index (χ2n) is 6.16. The summed E-state index contributed by atoms with van der Waals surface area (Å²) in [5.41, 5.74) is 0. The van der Waals surface area contributed by atoms with Crippen molar-refractivity contribution >= 4 is 21.4 Å². The molecule has 3 rings (SSSR count). The Kier molecular flexibility index (Phi) is 6.06. The van der Waals surface area contributed by atoms with Gasteiger partial charge in [0.2, 0.25) is 0 Å². The summed E-state index contributed by atoms with van der Waals surface area (Å²) in [6.45, 7) is 4.24. The van der Waals surface area contributed by atoms with Crippen LogP contribution in [-0.2, 0) is 9.84 Å². The molecular formula is C19H22ClNO4S. The molecule has 1 heterocycles. The number of sulfone groups is 1. The van der Waals surface area contributed by atoms with Crippen LogP contribution in [0.3, 0.4) is 0 Å². The summed E-state index contributed by atoms with van der Waals surface area (Å²) in [7, 11) is -3.34. The van der Waals surface area contributed by atoms with E-state index in [9.17, 15) is 8.42 Å². The number of benzene rings is 2. The number of halogens is 1. The molecular weight excluding hydrogens is 374 g/mol. The standard InChI is InChI=1S/C19H22ClNO4S/c1-2-21(11-12-26(22,23)17-9-7-15(20)8-10-17)13-16-14-24-18-5-3-4-6-19(18)25-16/h3-10,16H,2,11-14H2,1H3/t16-/m0/s1. The summed E-state index contributed by atoms with van der Waals surface area (Å²) in [6, 6.07) is 13.8. The highest BCUT2D eigenvalue weighted by atomic mass is 35.5. The van der Waals surface area contributed by atoms with E-state index in [-0.39, 0.29) is 11.9 Å². The summed E-state index contributed by atoms with van der Waals surface area (Å²) >= 11 is 5.83. The van der Waals surface area contributed by atoms with Crippen molar-refractivity contribution < 1.29 is 17.9 Å². The van der Waals surface area contributed by atoms with Crippen molar-refractivity contribution in [2.75, 3.05) is 32.0 Å². The van der Waals surface area contributed by atoms with E-state index in [0.717, 1.165) is 18.0 Å². The fourth-order valence-corrected chi connectivity index (χ4v) is 4.24. The summed E-state index contributed by atoms with van der Waals surface area (Å²) < 4.78 is 36.7.